The lowest BCUT2D eigenvalue weighted by Gasteiger charge is -2.14. The highest BCUT2D eigenvalue weighted by Gasteiger charge is 2.16. The minimum absolute atomic E-state index is 0.130. The van der Waals surface area contributed by atoms with Crippen molar-refractivity contribution < 1.29 is 22.6 Å². The molecule has 2 aromatic carbocycles. The molecule has 0 aromatic heterocycles. The zero-order valence-electron chi connectivity index (χ0n) is 14.2. The molecule has 136 valence electrons. The molecule has 0 aliphatic heterocycles. The number of hydrogen-bond acceptors (Lipinski definition) is 5. The molecule has 1 N–H and O–H groups in total. The molecule has 0 fully saturated rings. The van der Waals surface area contributed by atoms with Gasteiger partial charge < -0.3 is 14.2 Å². The van der Waals surface area contributed by atoms with Crippen molar-refractivity contribution in [2.24, 2.45) is 0 Å². The average Bonchev–Trinajstić information content (AvgIpc) is 2.60. The zero-order chi connectivity index (χ0) is 18.4. The quantitative estimate of drug-likeness (QED) is 0.756. The summed E-state index contributed by atoms with van der Waals surface area (Å²) in [5.74, 6) is 1.54. The van der Waals surface area contributed by atoms with Crippen molar-refractivity contribution in [3.63, 3.8) is 0 Å². The predicted octanol–water partition coefficient (Wildman–Crippen LogP) is 2.89. The van der Waals surface area contributed by atoms with Crippen molar-refractivity contribution in [2.45, 2.75) is 11.3 Å². The summed E-state index contributed by atoms with van der Waals surface area (Å²) in [6, 6.07) is 9.69. The van der Waals surface area contributed by atoms with Gasteiger partial charge in [0.25, 0.3) is 0 Å². The standard InChI is InChI=1S/C17H20ClNO5S/c1-22-15-9-12(10-16(23-2)17(15)24-3)7-8-19-25(20,21)14-6-4-5-13(18)11-14/h4-6,9-11,19H,7-8H2,1-3H3. The van der Waals surface area contributed by atoms with Gasteiger partial charge in [0.2, 0.25) is 15.8 Å². The largest absolute Gasteiger partial charge is 0.493 e. The van der Waals surface area contributed by atoms with Crippen molar-refractivity contribution >= 4 is 21.6 Å². The van der Waals surface area contributed by atoms with E-state index in [1.54, 1.807) is 24.3 Å². The third kappa shape index (κ3) is 4.78. The van der Waals surface area contributed by atoms with E-state index in [0.29, 0.717) is 28.7 Å². The highest BCUT2D eigenvalue weighted by molar-refractivity contribution is 7.89. The fourth-order valence-electron chi connectivity index (χ4n) is 2.33. The van der Waals surface area contributed by atoms with Crippen molar-refractivity contribution in [3.05, 3.63) is 47.0 Å². The molecule has 0 heterocycles. The van der Waals surface area contributed by atoms with Crippen LogP contribution in [0.15, 0.2) is 41.3 Å². The van der Waals surface area contributed by atoms with Crippen LogP contribution in [-0.4, -0.2) is 36.3 Å². The predicted molar refractivity (Wildman–Crippen MR) is 96.4 cm³/mol. The SMILES string of the molecule is COc1cc(CCNS(=O)(=O)c2cccc(Cl)c2)cc(OC)c1OC. The number of benzene rings is 2. The molecule has 25 heavy (non-hydrogen) atoms. The van der Waals surface area contributed by atoms with Gasteiger partial charge in [-0.05, 0) is 42.3 Å². The second-order valence-electron chi connectivity index (χ2n) is 5.14. The van der Waals surface area contributed by atoms with E-state index in [1.165, 1.54) is 33.5 Å². The summed E-state index contributed by atoms with van der Waals surface area (Å²) < 4.78 is 43.0. The maximum absolute atomic E-state index is 12.3. The van der Waals surface area contributed by atoms with Gasteiger partial charge in [0.15, 0.2) is 11.5 Å². The van der Waals surface area contributed by atoms with Gasteiger partial charge >= 0.3 is 0 Å². The summed E-state index contributed by atoms with van der Waals surface area (Å²) in [7, 11) is 0.970. The highest BCUT2D eigenvalue weighted by atomic mass is 35.5. The van der Waals surface area contributed by atoms with Gasteiger partial charge in [-0.15, -0.1) is 0 Å². The fraction of sp³-hybridized carbons (Fsp3) is 0.294. The molecule has 0 radical (unpaired) electrons. The molecule has 0 bridgehead atoms. The molecule has 0 amide bonds. The maximum Gasteiger partial charge on any atom is 0.240 e. The van der Waals surface area contributed by atoms with Crippen LogP contribution in [0.2, 0.25) is 5.02 Å². The minimum atomic E-state index is -3.62. The molecular weight excluding hydrogens is 366 g/mol. The Morgan fingerprint density at radius 3 is 2.16 bits per heavy atom. The minimum Gasteiger partial charge on any atom is -0.493 e. The van der Waals surface area contributed by atoms with Gasteiger partial charge in [0, 0.05) is 11.6 Å². The Bertz CT molecular complexity index is 814. The molecule has 8 heteroatoms. The van der Waals surface area contributed by atoms with Crippen molar-refractivity contribution in [2.75, 3.05) is 27.9 Å². The molecule has 0 unspecified atom stereocenters. The molecule has 0 saturated carbocycles. The Hall–Kier alpha value is -1.96. The number of halogens is 1. The number of nitrogens with one attached hydrogen (secondary N) is 1. The van der Waals surface area contributed by atoms with Crippen LogP contribution >= 0.6 is 11.6 Å². The fourth-order valence-corrected chi connectivity index (χ4v) is 3.66. The van der Waals surface area contributed by atoms with Gasteiger partial charge in [0.05, 0.1) is 26.2 Å². The van der Waals surface area contributed by atoms with Crippen LogP contribution < -0.4 is 18.9 Å². The van der Waals surface area contributed by atoms with Gasteiger partial charge in [0.1, 0.15) is 0 Å². The molecular formula is C17H20ClNO5S. The lowest BCUT2D eigenvalue weighted by atomic mass is 10.1. The van der Waals surface area contributed by atoms with E-state index in [9.17, 15) is 8.42 Å². The monoisotopic (exact) mass is 385 g/mol. The summed E-state index contributed by atoms with van der Waals surface area (Å²) in [6.07, 6.45) is 0.455. The Morgan fingerprint density at radius 1 is 1.00 bits per heavy atom. The molecule has 2 aromatic rings. The summed E-state index contributed by atoms with van der Waals surface area (Å²) in [4.78, 5) is 0.130. The first-order valence-corrected chi connectivity index (χ1v) is 9.31. The highest BCUT2D eigenvalue weighted by Crippen LogP contribution is 2.38. The number of sulfonamides is 1. The van der Waals surface area contributed by atoms with Gasteiger partial charge in [-0.1, -0.05) is 17.7 Å². The lowest BCUT2D eigenvalue weighted by Crippen LogP contribution is -2.26. The van der Waals surface area contributed by atoms with Crippen LogP contribution in [0, 0.1) is 0 Å². The summed E-state index contributed by atoms with van der Waals surface area (Å²) in [5, 5.41) is 0.368. The Morgan fingerprint density at radius 2 is 1.64 bits per heavy atom. The molecule has 0 spiro atoms. The maximum atomic E-state index is 12.3. The van der Waals surface area contributed by atoms with E-state index in [0.717, 1.165) is 5.56 Å². The number of rotatable bonds is 8. The van der Waals surface area contributed by atoms with Crippen LogP contribution in [0.5, 0.6) is 17.2 Å². The molecule has 0 saturated heterocycles. The normalized spacial score (nSPS) is 11.2. The van der Waals surface area contributed by atoms with E-state index < -0.39 is 10.0 Å². The van der Waals surface area contributed by atoms with Gasteiger partial charge in [-0.25, -0.2) is 13.1 Å². The second-order valence-corrected chi connectivity index (χ2v) is 7.34. The third-order valence-electron chi connectivity index (χ3n) is 3.54. The molecule has 0 aliphatic rings. The van der Waals surface area contributed by atoms with Crippen LogP contribution in [-0.2, 0) is 16.4 Å². The first kappa shape index (κ1) is 19.4. The van der Waals surface area contributed by atoms with Crippen molar-refractivity contribution in [3.8, 4) is 17.2 Å². The van der Waals surface area contributed by atoms with Gasteiger partial charge in [-0.2, -0.15) is 0 Å². The van der Waals surface area contributed by atoms with E-state index >= 15 is 0 Å². The summed E-state index contributed by atoms with van der Waals surface area (Å²) in [6.45, 7) is 0.216. The van der Waals surface area contributed by atoms with Crippen LogP contribution in [0.4, 0.5) is 0 Å². The molecule has 0 atom stereocenters. The van der Waals surface area contributed by atoms with Crippen molar-refractivity contribution in [1.29, 1.82) is 0 Å². The summed E-state index contributed by atoms with van der Waals surface area (Å²) in [5.41, 5.74) is 0.850. The molecule has 2 rings (SSSR count). The van der Waals surface area contributed by atoms with Crippen LogP contribution in [0.25, 0.3) is 0 Å². The lowest BCUT2D eigenvalue weighted by molar-refractivity contribution is 0.324. The first-order valence-electron chi connectivity index (χ1n) is 7.45. The van der Waals surface area contributed by atoms with E-state index in [4.69, 9.17) is 25.8 Å². The number of methoxy groups -OCH3 is 3. The van der Waals surface area contributed by atoms with E-state index in [2.05, 4.69) is 4.72 Å². The first-order chi connectivity index (χ1) is 11.9. The summed E-state index contributed by atoms with van der Waals surface area (Å²) >= 11 is 5.84. The Kier molecular flexibility index (Phi) is 6.52. The Labute approximate surface area is 152 Å². The van der Waals surface area contributed by atoms with Gasteiger partial charge in [-0.3, -0.25) is 0 Å². The average molecular weight is 386 g/mol. The van der Waals surface area contributed by atoms with E-state index in [-0.39, 0.29) is 11.4 Å². The smallest absolute Gasteiger partial charge is 0.240 e. The second kappa shape index (κ2) is 8.42. The zero-order valence-corrected chi connectivity index (χ0v) is 15.8. The molecule has 6 nitrogen and oxygen atoms in total. The van der Waals surface area contributed by atoms with E-state index in [1.807, 2.05) is 0 Å². The van der Waals surface area contributed by atoms with Crippen molar-refractivity contribution in [1.82, 2.24) is 4.72 Å². The van der Waals surface area contributed by atoms with Crippen LogP contribution in [0.3, 0.4) is 0 Å². The Balaban J connectivity index is 2.11. The molecule has 0 aliphatic carbocycles. The number of ether oxygens (including phenoxy) is 3. The van der Waals surface area contributed by atoms with Crippen LogP contribution in [0.1, 0.15) is 5.56 Å². The number of hydrogen-bond donors (Lipinski definition) is 1. The third-order valence-corrected chi connectivity index (χ3v) is 5.23. The topological polar surface area (TPSA) is 73.9 Å².